The van der Waals surface area contributed by atoms with E-state index in [1.807, 2.05) is 12.3 Å². The Labute approximate surface area is 148 Å². The molecule has 0 fully saturated rings. The molecule has 0 amide bonds. The second-order valence-electron chi connectivity index (χ2n) is 4.72. The highest BCUT2D eigenvalue weighted by Crippen LogP contribution is 2.29. The molecule has 23 heavy (non-hydrogen) atoms. The summed E-state index contributed by atoms with van der Waals surface area (Å²) >= 11 is 8.64. The highest BCUT2D eigenvalue weighted by atomic mass is 35.5. The molecule has 0 bridgehead atoms. The number of thiazole rings is 1. The van der Waals surface area contributed by atoms with Gasteiger partial charge in [0.25, 0.3) is 0 Å². The molecule has 0 N–H and O–H groups in total. The number of hydrogen-bond acceptors (Lipinski definition) is 6. The van der Waals surface area contributed by atoms with Crippen LogP contribution in [-0.4, -0.2) is 28.6 Å². The molecule has 0 saturated carbocycles. The van der Waals surface area contributed by atoms with Crippen molar-refractivity contribution in [1.29, 1.82) is 0 Å². The topological polar surface area (TPSA) is 56.3 Å². The van der Waals surface area contributed by atoms with Crippen molar-refractivity contribution in [3.63, 3.8) is 0 Å². The lowest BCUT2D eigenvalue weighted by Crippen LogP contribution is -2.13. The molecule has 1 aromatic carbocycles. The molecule has 0 aliphatic rings. The summed E-state index contributed by atoms with van der Waals surface area (Å²) in [4.78, 5) is 28.2. The summed E-state index contributed by atoms with van der Waals surface area (Å²) in [7, 11) is 0. The molecule has 1 heterocycles. The third kappa shape index (κ3) is 5.34. The van der Waals surface area contributed by atoms with Gasteiger partial charge in [0.1, 0.15) is 0 Å². The van der Waals surface area contributed by atoms with E-state index < -0.39 is 0 Å². The van der Waals surface area contributed by atoms with E-state index in [1.54, 1.807) is 31.2 Å². The van der Waals surface area contributed by atoms with Gasteiger partial charge < -0.3 is 4.74 Å². The first-order valence-electron chi connectivity index (χ1n) is 7.06. The van der Waals surface area contributed by atoms with Crippen molar-refractivity contribution in [1.82, 2.24) is 4.98 Å². The number of benzene rings is 1. The minimum atomic E-state index is -0.292. The molecule has 0 aliphatic heterocycles. The van der Waals surface area contributed by atoms with Crippen LogP contribution in [0.4, 0.5) is 0 Å². The zero-order valence-corrected chi connectivity index (χ0v) is 15.1. The maximum atomic E-state index is 12.4. The van der Waals surface area contributed by atoms with Crippen LogP contribution in [0.1, 0.15) is 29.9 Å². The Hall–Kier alpha value is -1.37. The number of thioether (sulfide) groups is 1. The van der Waals surface area contributed by atoms with Crippen LogP contribution in [0, 0.1) is 0 Å². The largest absolute Gasteiger partial charge is 0.466 e. The summed E-state index contributed by atoms with van der Waals surface area (Å²) in [5.41, 5.74) is 1.29. The number of nitrogens with zero attached hydrogens (tertiary/aromatic N) is 1. The molecule has 1 unspecified atom stereocenters. The SMILES string of the molecule is CCOC(=O)Cc1csc(SC(C)C(=O)c2ccc(Cl)cc2)n1. The number of ketones is 1. The van der Waals surface area contributed by atoms with E-state index in [1.165, 1.54) is 23.1 Å². The van der Waals surface area contributed by atoms with E-state index >= 15 is 0 Å². The van der Waals surface area contributed by atoms with Crippen LogP contribution in [0.3, 0.4) is 0 Å². The summed E-state index contributed by atoms with van der Waals surface area (Å²) in [5.74, 6) is -0.270. The van der Waals surface area contributed by atoms with E-state index in [0.29, 0.717) is 22.9 Å². The Kier molecular flexibility index (Phi) is 6.62. The van der Waals surface area contributed by atoms with Crippen LogP contribution in [-0.2, 0) is 16.0 Å². The molecule has 122 valence electrons. The normalized spacial score (nSPS) is 12.0. The van der Waals surface area contributed by atoms with E-state index in [9.17, 15) is 9.59 Å². The molecule has 2 aromatic rings. The van der Waals surface area contributed by atoms with Crippen LogP contribution >= 0.6 is 34.7 Å². The zero-order chi connectivity index (χ0) is 16.8. The molecule has 0 spiro atoms. The number of Topliss-reactive ketones (excluding diaryl/α,β-unsaturated/α-hetero) is 1. The summed E-state index contributed by atoms with van der Waals surface area (Å²) in [5, 5.41) is 2.15. The number of rotatable bonds is 7. The average molecular weight is 370 g/mol. The maximum absolute atomic E-state index is 12.4. The Morgan fingerprint density at radius 2 is 2.04 bits per heavy atom. The molecule has 1 aromatic heterocycles. The van der Waals surface area contributed by atoms with Gasteiger partial charge in [-0.05, 0) is 38.1 Å². The van der Waals surface area contributed by atoms with Crippen molar-refractivity contribution in [2.45, 2.75) is 29.9 Å². The molecular weight excluding hydrogens is 354 g/mol. The Morgan fingerprint density at radius 1 is 1.35 bits per heavy atom. The molecule has 0 aliphatic carbocycles. The number of ether oxygens (including phenoxy) is 1. The third-order valence-electron chi connectivity index (χ3n) is 2.94. The van der Waals surface area contributed by atoms with Gasteiger partial charge in [-0.2, -0.15) is 0 Å². The Bertz CT molecular complexity index is 685. The van der Waals surface area contributed by atoms with Crippen LogP contribution in [0.2, 0.25) is 5.02 Å². The lowest BCUT2D eigenvalue weighted by molar-refractivity contribution is -0.142. The summed E-state index contributed by atoms with van der Waals surface area (Å²) in [6.45, 7) is 3.97. The Morgan fingerprint density at radius 3 is 2.70 bits per heavy atom. The lowest BCUT2D eigenvalue weighted by atomic mass is 10.1. The number of carbonyl (C=O) groups excluding carboxylic acids is 2. The first-order valence-corrected chi connectivity index (χ1v) is 9.19. The van der Waals surface area contributed by atoms with E-state index in [2.05, 4.69) is 4.98 Å². The first-order chi connectivity index (χ1) is 11.0. The predicted octanol–water partition coefficient (Wildman–Crippen LogP) is 4.27. The van der Waals surface area contributed by atoms with Crippen LogP contribution in [0.15, 0.2) is 34.0 Å². The molecule has 2 rings (SSSR count). The van der Waals surface area contributed by atoms with Crippen molar-refractivity contribution >= 4 is 46.5 Å². The van der Waals surface area contributed by atoms with Gasteiger partial charge in [-0.3, -0.25) is 9.59 Å². The minimum absolute atomic E-state index is 0.0220. The molecule has 7 heteroatoms. The fourth-order valence-corrected chi connectivity index (χ4v) is 4.02. The van der Waals surface area contributed by atoms with Crippen molar-refractivity contribution in [2.24, 2.45) is 0 Å². The highest BCUT2D eigenvalue weighted by molar-refractivity contribution is 8.02. The second kappa shape index (κ2) is 8.47. The van der Waals surface area contributed by atoms with Gasteiger partial charge in [-0.25, -0.2) is 4.98 Å². The van der Waals surface area contributed by atoms with Crippen molar-refractivity contribution in [3.8, 4) is 0 Å². The number of aromatic nitrogens is 1. The second-order valence-corrected chi connectivity index (χ2v) is 7.60. The van der Waals surface area contributed by atoms with Gasteiger partial charge >= 0.3 is 5.97 Å². The highest BCUT2D eigenvalue weighted by Gasteiger charge is 2.18. The number of carbonyl (C=O) groups is 2. The van der Waals surface area contributed by atoms with Crippen molar-refractivity contribution in [2.75, 3.05) is 6.61 Å². The van der Waals surface area contributed by atoms with Crippen molar-refractivity contribution in [3.05, 3.63) is 45.9 Å². The van der Waals surface area contributed by atoms with Crippen molar-refractivity contribution < 1.29 is 14.3 Å². The van der Waals surface area contributed by atoms with Crippen LogP contribution < -0.4 is 0 Å². The predicted molar refractivity (Wildman–Crippen MR) is 93.6 cm³/mol. The fourth-order valence-electron chi connectivity index (χ4n) is 1.84. The lowest BCUT2D eigenvalue weighted by Gasteiger charge is -2.08. The van der Waals surface area contributed by atoms with E-state index in [4.69, 9.17) is 16.3 Å². The summed E-state index contributed by atoms with van der Waals surface area (Å²) < 4.78 is 5.66. The number of hydrogen-bond donors (Lipinski definition) is 0. The van der Waals surface area contributed by atoms with E-state index in [-0.39, 0.29) is 23.4 Å². The molecular formula is C16H16ClNO3S2. The third-order valence-corrected chi connectivity index (χ3v) is 5.31. The van der Waals surface area contributed by atoms with Gasteiger partial charge in [-0.1, -0.05) is 23.4 Å². The minimum Gasteiger partial charge on any atom is -0.466 e. The maximum Gasteiger partial charge on any atom is 0.311 e. The van der Waals surface area contributed by atoms with Gasteiger partial charge in [-0.15, -0.1) is 11.3 Å². The molecule has 1 atom stereocenters. The number of halogens is 1. The van der Waals surface area contributed by atoms with E-state index in [0.717, 1.165) is 4.34 Å². The smallest absolute Gasteiger partial charge is 0.311 e. The van der Waals surface area contributed by atoms with Gasteiger partial charge in [0.2, 0.25) is 0 Å². The van der Waals surface area contributed by atoms with Gasteiger partial charge in [0.05, 0.1) is 24.0 Å². The van der Waals surface area contributed by atoms with Gasteiger partial charge in [0, 0.05) is 16.0 Å². The monoisotopic (exact) mass is 369 g/mol. The average Bonchev–Trinajstić information content (AvgIpc) is 2.94. The fraction of sp³-hybridized carbons (Fsp3) is 0.312. The molecule has 0 radical (unpaired) electrons. The number of esters is 1. The van der Waals surface area contributed by atoms with Gasteiger partial charge in [0.15, 0.2) is 10.1 Å². The Balaban J connectivity index is 1.96. The zero-order valence-electron chi connectivity index (χ0n) is 12.7. The quantitative estimate of drug-likeness (QED) is 0.414. The molecule has 0 saturated heterocycles. The van der Waals surface area contributed by atoms with Crippen LogP contribution in [0.25, 0.3) is 0 Å². The first kappa shape index (κ1) is 18.0. The standard InChI is InChI=1S/C16H16ClNO3S2/c1-3-21-14(19)8-13-9-22-16(18-13)23-10(2)15(20)11-4-6-12(17)7-5-11/h4-7,9-10H,3,8H2,1-2H3. The summed E-state index contributed by atoms with van der Waals surface area (Å²) in [6, 6.07) is 6.84. The van der Waals surface area contributed by atoms with Crippen LogP contribution in [0.5, 0.6) is 0 Å². The molecule has 4 nitrogen and oxygen atoms in total. The summed E-state index contributed by atoms with van der Waals surface area (Å²) in [6.07, 6.45) is 0.157.